The molecule has 10 rings (SSSR count). The Balaban J connectivity index is 1.14. The Bertz CT molecular complexity index is 3090. The Morgan fingerprint density at radius 1 is 0.596 bits per heavy atom. The molecule has 0 saturated heterocycles. The normalized spacial score (nSPS) is 13.5. The lowest BCUT2D eigenvalue weighted by molar-refractivity contribution is 0.666. The van der Waals surface area contributed by atoms with E-state index in [0.717, 1.165) is 73.8 Å². The quantitative estimate of drug-likeness (QED) is 0.119. The zero-order chi connectivity index (χ0) is 38.1. The van der Waals surface area contributed by atoms with Gasteiger partial charge in [-0.05, 0) is 77.7 Å². The van der Waals surface area contributed by atoms with Crippen molar-refractivity contribution in [1.29, 1.82) is 0 Å². The van der Waals surface area contributed by atoms with Crippen LogP contribution in [0.1, 0.15) is 24.0 Å². The number of amidine groups is 2. The van der Waals surface area contributed by atoms with Crippen LogP contribution < -0.4 is 0 Å². The van der Waals surface area contributed by atoms with Gasteiger partial charge in [0.15, 0.2) is 17.3 Å². The van der Waals surface area contributed by atoms with Crippen LogP contribution in [0.2, 0.25) is 0 Å². The Morgan fingerprint density at radius 2 is 1.28 bits per heavy atom. The van der Waals surface area contributed by atoms with E-state index in [9.17, 15) is 0 Å². The Kier molecular flexibility index (Phi) is 8.81. The molecule has 9 aromatic rings. The van der Waals surface area contributed by atoms with Crippen LogP contribution >= 0.6 is 0 Å². The minimum Gasteiger partial charge on any atom is -0.454 e. The molecule has 0 aliphatic heterocycles. The van der Waals surface area contributed by atoms with Gasteiger partial charge in [0.25, 0.3) is 0 Å². The van der Waals surface area contributed by atoms with Gasteiger partial charge in [0.1, 0.15) is 5.58 Å². The van der Waals surface area contributed by atoms with Crippen LogP contribution in [-0.4, -0.2) is 29.5 Å². The van der Waals surface area contributed by atoms with E-state index < -0.39 is 0 Å². The Labute approximate surface area is 331 Å². The Hall–Kier alpha value is -7.37. The number of hydrogen-bond acceptors (Lipinski definition) is 2. The topological polar surface area (TPSA) is 55.1 Å². The number of nitrogens with zero attached hydrogens (tertiary/aromatic N) is 4. The molecular formula is C52H38N4O. The summed E-state index contributed by atoms with van der Waals surface area (Å²) in [5.41, 5.74) is 12.3. The number of fused-ring (bicyclic) bond motifs is 6. The van der Waals surface area contributed by atoms with Crippen molar-refractivity contribution in [3.63, 3.8) is 0 Å². The van der Waals surface area contributed by atoms with Crippen molar-refractivity contribution < 1.29 is 4.42 Å². The SMILES string of the molecule is C=NC(=NC(=NCC1=CCCC=C1)c1cccc2oc3c(-n4c5ccccc5c5cc(-c6ccccc6)ccc54)cccc3c12)c1ccc(-c2ccccc2)cc1. The highest BCUT2D eigenvalue weighted by molar-refractivity contribution is 6.22. The van der Waals surface area contributed by atoms with Gasteiger partial charge < -0.3 is 8.98 Å². The average molecular weight is 735 g/mol. The summed E-state index contributed by atoms with van der Waals surface area (Å²) in [5.74, 6) is 1.08. The fraction of sp³-hybridized carbons (Fsp3) is 0.0577. The van der Waals surface area contributed by atoms with Crippen LogP contribution in [0.3, 0.4) is 0 Å². The molecule has 0 saturated carbocycles. The predicted molar refractivity (Wildman–Crippen MR) is 239 cm³/mol. The van der Waals surface area contributed by atoms with Crippen molar-refractivity contribution in [3.05, 3.63) is 199 Å². The first kappa shape index (κ1) is 34.1. The number of allylic oxidation sites excluding steroid dienone is 2. The van der Waals surface area contributed by atoms with E-state index in [1.165, 1.54) is 27.5 Å². The van der Waals surface area contributed by atoms with Gasteiger partial charge in [-0.1, -0.05) is 152 Å². The molecule has 0 unspecified atom stereocenters. The summed E-state index contributed by atoms with van der Waals surface area (Å²) < 4.78 is 9.20. The standard InChI is InChI=1S/C52H38N4O/c1-53-51(39-29-27-38(28-30-39)36-17-7-3-8-18-36)55-52(54-34-35-15-5-2-6-16-35)43-23-14-26-48-49(43)42-22-13-25-47(50(42)57-48)56-45-24-12-11-21-41(45)44-33-40(31-32-46(44)56)37-19-9-4-10-20-37/h3-5,7-33H,1-2,6,34H2. The van der Waals surface area contributed by atoms with Gasteiger partial charge in [-0.2, -0.15) is 0 Å². The minimum atomic E-state index is 0.496. The molecule has 1 aliphatic carbocycles. The Morgan fingerprint density at radius 3 is 2.05 bits per heavy atom. The van der Waals surface area contributed by atoms with Crippen LogP contribution in [0.4, 0.5) is 0 Å². The summed E-state index contributed by atoms with van der Waals surface area (Å²) >= 11 is 0. The van der Waals surface area contributed by atoms with Crippen LogP contribution in [-0.2, 0) is 0 Å². The minimum absolute atomic E-state index is 0.496. The highest BCUT2D eigenvalue weighted by Gasteiger charge is 2.21. The number of hydrogen-bond donors (Lipinski definition) is 0. The van der Waals surface area contributed by atoms with Gasteiger partial charge in [0.05, 0.1) is 23.3 Å². The number of benzene rings is 7. The monoisotopic (exact) mass is 734 g/mol. The maximum absolute atomic E-state index is 6.87. The predicted octanol–water partition coefficient (Wildman–Crippen LogP) is 13.2. The van der Waals surface area contributed by atoms with Crippen LogP contribution in [0.25, 0.3) is 71.7 Å². The lowest BCUT2D eigenvalue weighted by atomic mass is 10.0. The van der Waals surface area contributed by atoms with Crippen LogP contribution in [0.5, 0.6) is 0 Å². The van der Waals surface area contributed by atoms with Crippen molar-refractivity contribution in [1.82, 2.24) is 4.57 Å². The van der Waals surface area contributed by atoms with Gasteiger partial charge in [-0.15, -0.1) is 0 Å². The molecule has 0 bridgehead atoms. The molecule has 0 spiro atoms. The van der Waals surface area contributed by atoms with Crippen molar-refractivity contribution in [2.24, 2.45) is 15.0 Å². The average Bonchev–Trinajstić information content (AvgIpc) is 3.83. The van der Waals surface area contributed by atoms with Crippen LogP contribution in [0, 0.1) is 0 Å². The zero-order valence-electron chi connectivity index (χ0n) is 31.3. The molecule has 1 aliphatic rings. The lowest BCUT2D eigenvalue weighted by Crippen LogP contribution is -2.07. The van der Waals surface area contributed by atoms with E-state index in [1.807, 2.05) is 18.2 Å². The molecule has 0 amide bonds. The summed E-state index contributed by atoms with van der Waals surface area (Å²) in [7, 11) is 0. The second-order valence-corrected chi connectivity index (χ2v) is 14.3. The smallest absolute Gasteiger partial charge is 0.161 e. The molecule has 0 radical (unpaired) electrons. The van der Waals surface area contributed by atoms with E-state index >= 15 is 0 Å². The van der Waals surface area contributed by atoms with E-state index in [0.29, 0.717) is 18.2 Å². The number of rotatable bonds is 7. The maximum Gasteiger partial charge on any atom is 0.161 e. The first-order valence-electron chi connectivity index (χ1n) is 19.4. The van der Waals surface area contributed by atoms with Crippen molar-refractivity contribution in [2.45, 2.75) is 12.8 Å². The molecule has 5 heteroatoms. The van der Waals surface area contributed by atoms with Crippen molar-refractivity contribution >= 4 is 62.1 Å². The summed E-state index contributed by atoms with van der Waals surface area (Å²) in [6.07, 6.45) is 8.69. The largest absolute Gasteiger partial charge is 0.454 e. The molecule has 0 atom stereocenters. The number of para-hydroxylation sites is 2. The van der Waals surface area contributed by atoms with Gasteiger partial charge >= 0.3 is 0 Å². The first-order valence-corrected chi connectivity index (χ1v) is 19.4. The molecule has 7 aromatic carbocycles. The third kappa shape index (κ3) is 6.29. The first-order chi connectivity index (χ1) is 28.2. The molecule has 272 valence electrons. The van der Waals surface area contributed by atoms with Gasteiger partial charge in [0.2, 0.25) is 0 Å². The second kappa shape index (κ2) is 14.7. The number of aromatic nitrogens is 1. The molecule has 2 aromatic heterocycles. The summed E-state index contributed by atoms with van der Waals surface area (Å²) in [4.78, 5) is 14.8. The van der Waals surface area contributed by atoms with Crippen molar-refractivity contribution in [3.8, 4) is 27.9 Å². The summed E-state index contributed by atoms with van der Waals surface area (Å²) in [5, 5.41) is 4.33. The number of aliphatic imine (C=N–C) groups is 3. The zero-order valence-corrected chi connectivity index (χ0v) is 31.3. The van der Waals surface area contributed by atoms with Gasteiger partial charge in [0, 0.05) is 32.7 Å². The van der Waals surface area contributed by atoms with E-state index in [-0.39, 0.29) is 0 Å². The third-order valence-electron chi connectivity index (χ3n) is 10.9. The van der Waals surface area contributed by atoms with E-state index in [4.69, 9.17) is 14.4 Å². The van der Waals surface area contributed by atoms with Gasteiger partial charge in [-0.3, -0.25) is 4.99 Å². The maximum atomic E-state index is 6.87. The van der Waals surface area contributed by atoms with E-state index in [2.05, 4.69) is 180 Å². The summed E-state index contributed by atoms with van der Waals surface area (Å²) in [6.45, 7) is 4.45. The fourth-order valence-electron chi connectivity index (χ4n) is 8.10. The highest BCUT2D eigenvalue weighted by atomic mass is 16.3. The molecule has 5 nitrogen and oxygen atoms in total. The highest BCUT2D eigenvalue weighted by Crippen LogP contribution is 2.40. The number of furan rings is 1. The molecular weight excluding hydrogens is 697 g/mol. The molecule has 57 heavy (non-hydrogen) atoms. The molecule has 0 N–H and O–H groups in total. The molecule has 2 heterocycles. The van der Waals surface area contributed by atoms with Gasteiger partial charge in [-0.25, -0.2) is 9.98 Å². The lowest BCUT2D eigenvalue weighted by Gasteiger charge is -2.10. The molecule has 0 fully saturated rings. The van der Waals surface area contributed by atoms with Crippen LogP contribution in [0.15, 0.2) is 207 Å². The van der Waals surface area contributed by atoms with Crippen molar-refractivity contribution in [2.75, 3.05) is 6.54 Å². The third-order valence-corrected chi connectivity index (χ3v) is 10.9. The second-order valence-electron chi connectivity index (χ2n) is 14.3. The van der Waals surface area contributed by atoms with E-state index in [1.54, 1.807) is 0 Å². The fourth-order valence-corrected chi connectivity index (χ4v) is 8.10. The summed E-state index contributed by atoms with van der Waals surface area (Å²) in [6, 6.07) is 57.1.